The van der Waals surface area contributed by atoms with E-state index in [1.165, 1.54) is 24.1 Å². The number of halogens is 1. The Balaban J connectivity index is 2.10. The molecule has 126 valence electrons. The third-order valence-electron chi connectivity index (χ3n) is 4.07. The first-order chi connectivity index (χ1) is 10.9. The first-order valence-electron chi connectivity index (χ1n) is 7.39. The van der Waals surface area contributed by atoms with Crippen molar-refractivity contribution in [1.82, 2.24) is 4.90 Å². The minimum atomic E-state index is -1.15. The zero-order valence-electron chi connectivity index (χ0n) is 13.3. The number of methoxy groups -OCH3 is 1. The number of aryl methyl sites for hydroxylation is 1. The Morgan fingerprint density at radius 2 is 2.17 bits per heavy atom. The lowest BCUT2D eigenvalue weighted by Crippen LogP contribution is -2.59. The van der Waals surface area contributed by atoms with E-state index < -0.39 is 23.2 Å². The first kappa shape index (κ1) is 17.2. The smallest absolute Gasteiger partial charge is 0.261 e. The van der Waals surface area contributed by atoms with Crippen LogP contribution >= 0.6 is 0 Å². The minimum absolute atomic E-state index is 0.00830. The van der Waals surface area contributed by atoms with Crippen molar-refractivity contribution in [3.05, 3.63) is 29.6 Å². The van der Waals surface area contributed by atoms with E-state index in [1.54, 1.807) is 13.0 Å². The molecule has 0 bridgehead atoms. The van der Waals surface area contributed by atoms with Crippen LogP contribution in [0.25, 0.3) is 0 Å². The fourth-order valence-electron chi connectivity index (χ4n) is 2.90. The normalized spacial score (nSPS) is 20.6. The van der Waals surface area contributed by atoms with Gasteiger partial charge in [0.15, 0.2) is 18.2 Å². The largest absolute Gasteiger partial charge is 0.481 e. The van der Waals surface area contributed by atoms with Crippen LogP contribution in [0.15, 0.2) is 18.2 Å². The number of likely N-dealkylation sites (tertiary alicyclic amines) is 1. The molecular formula is C16H21FN2O4. The fourth-order valence-corrected chi connectivity index (χ4v) is 2.90. The Labute approximate surface area is 134 Å². The molecule has 0 saturated carbocycles. The van der Waals surface area contributed by atoms with Crippen molar-refractivity contribution in [2.75, 3.05) is 26.9 Å². The molecule has 1 heterocycles. The van der Waals surface area contributed by atoms with Gasteiger partial charge in [-0.2, -0.15) is 0 Å². The summed E-state index contributed by atoms with van der Waals surface area (Å²) in [6, 6.07) is 4.41. The van der Waals surface area contributed by atoms with E-state index in [-0.39, 0.29) is 19.0 Å². The van der Waals surface area contributed by atoms with Crippen LogP contribution < -0.4 is 10.5 Å². The molecule has 0 aromatic heterocycles. The van der Waals surface area contributed by atoms with Crippen LogP contribution in [0.3, 0.4) is 0 Å². The van der Waals surface area contributed by atoms with Gasteiger partial charge in [-0.1, -0.05) is 6.07 Å². The lowest BCUT2D eigenvalue weighted by atomic mass is 9.96. The minimum Gasteiger partial charge on any atom is -0.481 e. The highest BCUT2D eigenvalue weighted by Crippen LogP contribution is 2.30. The number of hydrogen-bond donors (Lipinski definition) is 1. The van der Waals surface area contributed by atoms with Crippen LogP contribution in [-0.2, 0) is 14.3 Å². The molecule has 2 N–H and O–H groups in total. The molecule has 0 aliphatic carbocycles. The van der Waals surface area contributed by atoms with Crippen LogP contribution in [0, 0.1) is 12.7 Å². The Morgan fingerprint density at radius 1 is 1.43 bits per heavy atom. The van der Waals surface area contributed by atoms with Crippen LogP contribution in [-0.4, -0.2) is 49.1 Å². The van der Waals surface area contributed by atoms with E-state index >= 15 is 0 Å². The fraction of sp³-hybridized carbons (Fsp3) is 0.500. The van der Waals surface area contributed by atoms with E-state index in [2.05, 4.69) is 0 Å². The average Bonchev–Trinajstić information content (AvgIpc) is 2.93. The van der Waals surface area contributed by atoms with Crippen molar-refractivity contribution in [1.29, 1.82) is 0 Å². The Hall–Kier alpha value is -2.15. The standard InChI is InChI=1S/C16H21FN2O4/c1-11-4-5-12(17)13(8-11)23-9-14(20)19-7-3-6-16(19,10-22-2)15(18)21/h4-5,8H,3,6-7,9-10H2,1-2H3,(H2,18,21). The van der Waals surface area contributed by atoms with Gasteiger partial charge in [-0.3, -0.25) is 9.59 Å². The topological polar surface area (TPSA) is 81.9 Å². The highest BCUT2D eigenvalue weighted by molar-refractivity contribution is 5.91. The maximum Gasteiger partial charge on any atom is 0.261 e. The highest BCUT2D eigenvalue weighted by Gasteiger charge is 2.48. The molecule has 2 amide bonds. The van der Waals surface area contributed by atoms with Crippen molar-refractivity contribution in [3.8, 4) is 5.75 Å². The molecule has 2 rings (SSSR count). The van der Waals surface area contributed by atoms with Gasteiger partial charge in [0, 0.05) is 13.7 Å². The summed E-state index contributed by atoms with van der Waals surface area (Å²) >= 11 is 0. The van der Waals surface area contributed by atoms with Crippen molar-refractivity contribution in [3.63, 3.8) is 0 Å². The van der Waals surface area contributed by atoms with Crippen LogP contribution in [0.2, 0.25) is 0 Å². The second kappa shape index (κ2) is 6.95. The second-order valence-electron chi connectivity index (χ2n) is 5.70. The van der Waals surface area contributed by atoms with Crippen LogP contribution in [0.1, 0.15) is 18.4 Å². The van der Waals surface area contributed by atoms with Gasteiger partial charge >= 0.3 is 0 Å². The maximum atomic E-state index is 13.7. The molecule has 1 aliphatic rings. The van der Waals surface area contributed by atoms with E-state index in [9.17, 15) is 14.0 Å². The number of ether oxygens (including phenoxy) is 2. The van der Waals surface area contributed by atoms with Crippen molar-refractivity contribution in [2.24, 2.45) is 5.73 Å². The van der Waals surface area contributed by atoms with Gasteiger partial charge in [0.2, 0.25) is 5.91 Å². The maximum absolute atomic E-state index is 13.7. The number of carbonyl (C=O) groups excluding carboxylic acids is 2. The van der Waals surface area contributed by atoms with E-state index in [1.807, 2.05) is 0 Å². The molecule has 1 fully saturated rings. The Morgan fingerprint density at radius 3 is 2.83 bits per heavy atom. The number of primary amides is 1. The van der Waals surface area contributed by atoms with Crippen molar-refractivity contribution < 1.29 is 23.5 Å². The summed E-state index contributed by atoms with van der Waals surface area (Å²) in [5.74, 6) is -1.55. The quantitative estimate of drug-likeness (QED) is 0.846. The number of benzene rings is 1. The predicted molar refractivity (Wildman–Crippen MR) is 81.4 cm³/mol. The number of nitrogens with zero attached hydrogens (tertiary/aromatic N) is 1. The summed E-state index contributed by atoms with van der Waals surface area (Å²) in [7, 11) is 1.45. The van der Waals surface area contributed by atoms with Gasteiger partial charge in [-0.15, -0.1) is 0 Å². The third-order valence-corrected chi connectivity index (χ3v) is 4.07. The number of carbonyl (C=O) groups is 2. The molecule has 1 atom stereocenters. The number of rotatable bonds is 6. The Kier molecular flexibility index (Phi) is 5.20. The summed E-state index contributed by atoms with van der Waals surface area (Å²) in [5.41, 5.74) is 5.15. The van der Waals surface area contributed by atoms with Crippen LogP contribution in [0.4, 0.5) is 4.39 Å². The number of hydrogen-bond acceptors (Lipinski definition) is 4. The zero-order chi connectivity index (χ0) is 17.0. The number of nitrogens with two attached hydrogens (primary N) is 1. The van der Waals surface area contributed by atoms with Crippen LogP contribution in [0.5, 0.6) is 5.75 Å². The molecular weight excluding hydrogens is 303 g/mol. The van der Waals surface area contributed by atoms with Gasteiger partial charge in [-0.05, 0) is 37.5 Å². The van der Waals surface area contributed by atoms with Gasteiger partial charge < -0.3 is 20.1 Å². The molecule has 1 aromatic carbocycles. The lowest BCUT2D eigenvalue weighted by molar-refractivity contribution is -0.148. The second-order valence-corrected chi connectivity index (χ2v) is 5.70. The summed E-state index contributed by atoms with van der Waals surface area (Å²) in [6.45, 7) is 1.86. The van der Waals surface area contributed by atoms with Gasteiger partial charge in [0.05, 0.1) is 6.61 Å². The Bertz CT molecular complexity index is 608. The number of amides is 2. The van der Waals surface area contributed by atoms with Crippen molar-refractivity contribution in [2.45, 2.75) is 25.3 Å². The van der Waals surface area contributed by atoms with Gasteiger partial charge in [0.1, 0.15) is 5.54 Å². The molecule has 1 saturated heterocycles. The molecule has 0 radical (unpaired) electrons. The van der Waals surface area contributed by atoms with E-state index in [0.29, 0.717) is 19.4 Å². The molecule has 6 nitrogen and oxygen atoms in total. The molecule has 1 aliphatic heterocycles. The summed E-state index contributed by atoms with van der Waals surface area (Å²) in [4.78, 5) is 25.7. The summed E-state index contributed by atoms with van der Waals surface area (Å²) in [6.07, 6.45) is 1.09. The van der Waals surface area contributed by atoms with Crippen molar-refractivity contribution >= 4 is 11.8 Å². The molecule has 1 unspecified atom stereocenters. The SMILES string of the molecule is COCC1(C(N)=O)CCCN1C(=O)COc1cc(C)ccc1F. The predicted octanol–water partition coefficient (Wildman–Crippen LogP) is 1.01. The highest BCUT2D eigenvalue weighted by atomic mass is 19.1. The average molecular weight is 324 g/mol. The summed E-state index contributed by atoms with van der Waals surface area (Å²) in [5, 5.41) is 0. The third kappa shape index (κ3) is 3.44. The lowest BCUT2D eigenvalue weighted by Gasteiger charge is -2.35. The molecule has 0 spiro atoms. The van der Waals surface area contributed by atoms with E-state index in [0.717, 1.165) is 5.56 Å². The van der Waals surface area contributed by atoms with Gasteiger partial charge in [-0.25, -0.2) is 4.39 Å². The first-order valence-corrected chi connectivity index (χ1v) is 7.39. The monoisotopic (exact) mass is 324 g/mol. The molecule has 1 aromatic rings. The zero-order valence-corrected chi connectivity index (χ0v) is 13.3. The van der Waals surface area contributed by atoms with Gasteiger partial charge in [0.25, 0.3) is 5.91 Å². The molecule has 7 heteroatoms. The van der Waals surface area contributed by atoms with E-state index in [4.69, 9.17) is 15.2 Å². The summed E-state index contributed by atoms with van der Waals surface area (Å²) < 4.78 is 24.0. The molecule has 23 heavy (non-hydrogen) atoms.